The van der Waals surface area contributed by atoms with Crippen LogP contribution in [0.4, 0.5) is 18.9 Å². The maximum absolute atomic E-state index is 16.3. The number of aromatic nitrogens is 3. The monoisotopic (exact) mass is 614 g/mol. The second-order valence-electron chi connectivity index (χ2n) is 10.6. The summed E-state index contributed by atoms with van der Waals surface area (Å²) in [5.41, 5.74) is 0.687. The van der Waals surface area contributed by atoms with Gasteiger partial charge in [-0.2, -0.15) is 4.36 Å². The normalized spacial score (nSPS) is 19.5. The number of ether oxygens (including phenoxy) is 1. The lowest BCUT2D eigenvalue weighted by molar-refractivity contribution is 0.158. The summed E-state index contributed by atoms with van der Waals surface area (Å²) >= 11 is 6.58. The lowest BCUT2D eigenvalue weighted by Gasteiger charge is -2.18. The summed E-state index contributed by atoms with van der Waals surface area (Å²) in [5.74, 6) is -2.01. The number of aryl methyl sites for hydroxylation is 2. The van der Waals surface area contributed by atoms with Crippen LogP contribution in [0.15, 0.2) is 58.1 Å². The van der Waals surface area contributed by atoms with E-state index in [0.717, 1.165) is 16.3 Å². The average molecular weight is 615 g/mol. The fraction of sp³-hybridized carbons (Fsp3) is 0.300. The standard InChI is InChI=1S/C30H26ClF3N4O3S/c1-16-13-36-28(20-4-3-5-24(26(20)33)37-42(40)8-6-41-7-9-42)27(34)29(16)38-17(2)10-23(25(31)30(38)39)22-12-21(22)18-11-19(32)15-35-14-18/h3-5,10-11,13-15,21-22H,6-9,12H2,1-2H3/t21-,22+/m1/s1. The summed E-state index contributed by atoms with van der Waals surface area (Å²) in [6.45, 7) is 3.78. The van der Waals surface area contributed by atoms with Gasteiger partial charge in [0.15, 0.2) is 11.6 Å². The fourth-order valence-corrected chi connectivity index (χ4v) is 7.40. The summed E-state index contributed by atoms with van der Waals surface area (Å²) in [6, 6.07) is 7.37. The van der Waals surface area contributed by atoms with Gasteiger partial charge in [0.25, 0.3) is 5.56 Å². The first-order valence-corrected chi connectivity index (χ1v) is 15.6. The van der Waals surface area contributed by atoms with Crippen LogP contribution < -0.4 is 5.56 Å². The Bertz CT molecular complexity index is 1910. The zero-order valence-electron chi connectivity index (χ0n) is 22.7. The molecule has 12 heteroatoms. The molecule has 1 aromatic carbocycles. The van der Waals surface area contributed by atoms with Gasteiger partial charge >= 0.3 is 0 Å². The number of hydrogen-bond acceptors (Lipinski definition) is 6. The number of benzene rings is 1. The fourth-order valence-electron chi connectivity index (χ4n) is 5.47. The molecular formula is C30H26ClF3N4O3S. The Labute approximate surface area is 245 Å². The molecule has 0 unspecified atom stereocenters. The van der Waals surface area contributed by atoms with Gasteiger partial charge in [-0.05, 0) is 73.1 Å². The molecule has 218 valence electrons. The Morgan fingerprint density at radius 3 is 2.55 bits per heavy atom. The smallest absolute Gasteiger partial charge is 0.274 e. The van der Waals surface area contributed by atoms with Gasteiger partial charge in [-0.1, -0.05) is 17.7 Å². The molecule has 6 rings (SSSR count). The van der Waals surface area contributed by atoms with Crippen molar-refractivity contribution < 1.29 is 22.1 Å². The molecule has 0 bridgehead atoms. The third-order valence-corrected chi connectivity index (χ3v) is 10.2. The van der Waals surface area contributed by atoms with Crippen LogP contribution in [0.5, 0.6) is 0 Å². The first-order valence-electron chi connectivity index (χ1n) is 13.3. The van der Waals surface area contributed by atoms with E-state index < -0.39 is 32.7 Å². The van der Waals surface area contributed by atoms with Crippen LogP contribution in [0.1, 0.15) is 40.6 Å². The predicted octanol–water partition coefficient (Wildman–Crippen LogP) is 6.38. The second kappa shape index (κ2) is 10.9. The van der Waals surface area contributed by atoms with E-state index in [2.05, 4.69) is 14.3 Å². The summed E-state index contributed by atoms with van der Waals surface area (Å²) in [7, 11) is -2.72. The molecule has 7 nitrogen and oxygen atoms in total. The predicted molar refractivity (Wildman–Crippen MR) is 155 cm³/mol. The first kappa shape index (κ1) is 28.6. The van der Waals surface area contributed by atoms with Crippen LogP contribution in [-0.2, 0) is 14.5 Å². The van der Waals surface area contributed by atoms with Gasteiger partial charge in [0.1, 0.15) is 22.2 Å². The number of pyridine rings is 3. The van der Waals surface area contributed by atoms with Gasteiger partial charge in [0.2, 0.25) is 0 Å². The number of rotatable bonds is 5. The molecule has 0 amide bonds. The molecule has 0 N–H and O–H groups in total. The molecule has 1 saturated carbocycles. The largest absolute Gasteiger partial charge is 0.379 e. The van der Waals surface area contributed by atoms with Crippen LogP contribution in [0.3, 0.4) is 0 Å². The Kier molecular flexibility index (Phi) is 7.44. The molecule has 42 heavy (non-hydrogen) atoms. The molecule has 4 aromatic rings. The number of hydrogen-bond donors (Lipinski definition) is 0. The first-order chi connectivity index (χ1) is 20.1. The van der Waals surface area contributed by atoms with E-state index in [-0.39, 0.29) is 64.2 Å². The van der Waals surface area contributed by atoms with Crippen molar-refractivity contribution in [1.29, 1.82) is 0 Å². The highest BCUT2D eigenvalue weighted by Crippen LogP contribution is 2.55. The van der Waals surface area contributed by atoms with Crippen LogP contribution in [-0.4, -0.2) is 43.5 Å². The number of halogens is 4. The average Bonchev–Trinajstić information content (AvgIpc) is 3.75. The third-order valence-electron chi connectivity index (χ3n) is 7.70. The van der Waals surface area contributed by atoms with E-state index in [0.29, 0.717) is 23.2 Å². The Morgan fingerprint density at radius 1 is 1.05 bits per heavy atom. The van der Waals surface area contributed by atoms with Crippen molar-refractivity contribution in [3.05, 3.63) is 104 Å². The van der Waals surface area contributed by atoms with E-state index in [1.807, 2.05) is 0 Å². The zero-order chi connectivity index (χ0) is 29.8. The molecule has 0 spiro atoms. The molecule has 0 radical (unpaired) electrons. The van der Waals surface area contributed by atoms with Crippen LogP contribution in [0.2, 0.25) is 5.02 Å². The quantitative estimate of drug-likeness (QED) is 0.260. The van der Waals surface area contributed by atoms with Gasteiger partial charge in [0, 0.05) is 23.7 Å². The van der Waals surface area contributed by atoms with E-state index in [9.17, 15) is 13.4 Å². The second-order valence-corrected chi connectivity index (χ2v) is 13.5. The molecule has 3 aromatic heterocycles. The summed E-state index contributed by atoms with van der Waals surface area (Å²) < 4.78 is 69.3. The Hall–Kier alpha value is -3.54. The van der Waals surface area contributed by atoms with Crippen molar-refractivity contribution in [2.75, 3.05) is 24.7 Å². The minimum absolute atomic E-state index is 0.0387. The van der Waals surface area contributed by atoms with Crippen LogP contribution >= 0.6 is 11.6 Å². The van der Waals surface area contributed by atoms with Crippen LogP contribution in [0, 0.1) is 31.3 Å². The van der Waals surface area contributed by atoms with Crippen molar-refractivity contribution in [2.24, 2.45) is 4.36 Å². The molecular weight excluding hydrogens is 589 g/mol. The van der Waals surface area contributed by atoms with Crippen molar-refractivity contribution >= 4 is 27.0 Å². The summed E-state index contributed by atoms with van der Waals surface area (Å²) in [6.07, 6.45) is 4.75. The maximum Gasteiger partial charge on any atom is 0.274 e. The minimum atomic E-state index is -2.72. The topological polar surface area (TPSA) is 86.4 Å². The van der Waals surface area contributed by atoms with Gasteiger partial charge in [-0.15, -0.1) is 0 Å². The Morgan fingerprint density at radius 2 is 1.81 bits per heavy atom. The Balaban J connectivity index is 1.41. The summed E-state index contributed by atoms with van der Waals surface area (Å²) in [4.78, 5) is 21.7. The molecule has 4 heterocycles. The van der Waals surface area contributed by atoms with Crippen molar-refractivity contribution in [2.45, 2.75) is 32.1 Å². The van der Waals surface area contributed by atoms with Gasteiger partial charge in [-0.25, -0.2) is 17.4 Å². The van der Waals surface area contributed by atoms with E-state index in [1.165, 1.54) is 30.5 Å². The van der Waals surface area contributed by atoms with Gasteiger partial charge in [-0.3, -0.25) is 19.3 Å². The molecule has 1 saturated heterocycles. The van der Waals surface area contributed by atoms with Gasteiger partial charge in [0.05, 0.1) is 46.3 Å². The van der Waals surface area contributed by atoms with Crippen LogP contribution in [0.25, 0.3) is 16.9 Å². The van der Waals surface area contributed by atoms with E-state index in [1.54, 1.807) is 26.1 Å². The van der Waals surface area contributed by atoms with Gasteiger partial charge < -0.3 is 4.74 Å². The zero-order valence-corrected chi connectivity index (χ0v) is 24.3. The van der Waals surface area contributed by atoms with Crippen molar-refractivity contribution in [3.63, 3.8) is 0 Å². The number of nitrogens with zero attached hydrogens (tertiary/aromatic N) is 4. The third kappa shape index (κ3) is 5.14. The highest BCUT2D eigenvalue weighted by atomic mass is 35.5. The SMILES string of the molecule is Cc1cnc(-c2cccc(N=S3(=O)CCOCC3)c2F)c(F)c1-n1c(C)cc([C@H]2C[C@@H]2c2cncc(F)c2)c(Cl)c1=O. The molecule has 2 atom stereocenters. The summed E-state index contributed by atoms with van der Waals surface area (Å²) in [5, 5.41) is -0.0678. The highest BCUT2D eigenvalue weighted by Gasteiger charge is 2.42. The lowest BCUT2D eigenvalue weighted by atomic mass is 10.0. The van der Waals surface area contributed by atoms with E-state index >= 15 is 8.78 Å². The molecule has 1 aliphatic heterocycles. The highest BCUT2D eigenvalue weighted by molar-refractivity contribution is 7.93. The van der Waals surface area contributed by atoms with Crippen molar-refractivity contribution in [3.8, 4) is 16.9 Å². The molecule has 1 aliphatic carbocycles. The van der Waals surface area contributed by atoms with Crippen molar-refractivity contribution in [1.82, 2.24) is 14.5 Å². The maximum atomic E-state index is 16.3. The minimum Gasteiger partial charge on any atom is -0.379 e. The lowest BCUT2D eigenvalue weighted by Crippen LogP contribution is -2.25. The molecule has 2 fully saturated rings. The van der Waals surface area contributed by atoms with E-state index in [4.69, 9.17) is 16.3 Å². The molecule has 2 aliphatic rings.